The Morgan fingerprint density at radius 2 is 2.06 bits per heavy atom. The molecule has 1 aromatic carbocycles. The average Bonchev–Trinajstić information content (AvgIpc) is 2.16. The molecule has 0 spiro atoms. The maximum atomic E-state index is 12.0. The fourth-order valence-electron chi connectivity index (χ4n) is 1.35. The predicted octanol–water partition coefficient (Wildman–Crippen LogP) is 2.47. The van der Waals surface area contributed by atoms with Crippen molar-refractivity contribution in [1.29, 1.82) is 0 Å². The Labute approximate surface area is 105 Å². The SMILES string of the molecule is C=CCS(=O)(=O)c1ccc(Br)cc1N(C)C. The molecule has 0 radical (unpaired) electrons. The molecule has 0 atom stereocenters. The van der Waals surface area contributed by atoms with E-state index in [0.717, 1.165) is 4.47 Å². The van der Waals surface area contributed by atoms with E-state index in [1.54, 1.807) is 23.1 Å². The van der Waals surface area contributed by atoms with Crippen molar-refractivity contribution in [3.63, 3.8) is 0 Å². The first-order valence-corrected chi connectivity index (χ1v) is 7.13. The summed E-state index contributed by atoms with van der Waals surface area (Å²) in [7, 11) is 0.345. The summed E-state index contributed by atoms with van der Waals surface area (Å²) < 4.78 is 24.8. The van der Waals surface area contributed by atoms with Crippen LogP contribution < -0.4 is 4.90 Å². The number of rotatable bonds is 4. The van der Waals surface area contributed by atoms with Crippen molar-refractivity contribution in [2.45, 2.75) is 4.90 Å². The average molecular weight is 304 g/mol. The van der Waals surface area contributed by atoms with Crippen LogP contribution in [0.2, 0.25) is 0 Å². The van der Waals surface area contributed by atoms with E-state index >= 15 is 0 Å². The zero-order valence-electron chi connectivity index (χ0n) is 9.27. The highest BCUT2D eigenvalue weighted by molar-refractivity contribution is 9.10. The Balaban J connectivity index is 3.39. The van der Waals surface area contributed by atoms with Gasteiger partial charge in [-0.05, 0) is 18.2 Å². The Morgan fingerprint density at radius 1 is 1.44 bits per heavy atom. The van der Waals surface area contributed by atoms with Crippen LogP contribution >= 0.6 is 15.9 Å². The molecule has 0 aliphatic rings. The maximum absolute atomic E-state index is 12.0. The van der Waals surface area contributed by atoms with Gasteiger partial charge in [0.25, 0.3) is 0 Å². The normalized spacial score (nSPS) is 11.2. The standard InChI is InChI=1S/C11H14BrNO2S/c1-4-7-16(14,15)11-6-5-9(12)8-10(11)13(2)3/h4-6,8H,1,7H2,2-3H3. The van der Waals surface area contributed by atoms with Gasteiger partial charge >= 0.3 is 0 Å². The Bertz CT molecular complexity index is 495. The van der Waals surface area contributed by atoms with E-state index in [9.17, 15) is 8.42 Å². The van der Waals surface area contributed by atoms with Gasteiger partial charge in [-0.1, -0.05) is 22.0 Å². The van der Waals surface area contributed by atoms with Crippen molar-refractivity contribution in [1.82, 2.24) is 0 Å². The van der Waals surface area contributed by atoms with Crippen molar-refractivity contribution in [3.05, 3.63) is 35.3 Å². The van der Waals surface area contributed by atoms with Crippen molar-refractivity contribution in [2.75, 3.05) is 24.7 Å². The summed E-state index contributed by atoms with van der Waals surface area (Å²) in [5.41, 5.74) is 0.677. The second kappa shape index (κ2) is 5.01. The lowest BCUT2D eigenvalue weighted by Crippen LogP contribution is -2.15. The molecule has 0 saturated heterocycles. The Kier molecular flexibility index (Phi) is 4.15. The lowest BCUT2D eigenvalue weighted by Gasteiger charge is -2.17. The molecule has 5 heteroatoms. The van der Waals surface area contributed by atoms with Crippen molar-refractivity contribution in [3.8, 4) is 0 Å². The molecule has 16 heavy (non-hydrogen) atoms. The lowest BCUT2D eigenvalue weighted by molar-refractivity contribution is 0.599. The quantitative estimate of drug-likeness (QED) is 0.802. The first-order chi connectivity index (χ1) is 7.38. The van der Waals surface area contributed by atoms with Crippen molar-refractivity contribution >= 4 is 31.5 Å². The Morgan fingerprint density at radius 3 is 2.56 bits per heavy atom. The molecule has 0 aromatic heterocycles. The van der Waals surface area contributed by atoms with Crippen LogP contribution in [0, 0.1) is 0 Å². The topological polar surface area (TPSA) is 37.4 Å². The van der Waals surface area contributed by atoms with Gasteiger partial charge < -0.3 is 4.90 Å². The summed E-state index contributed by atoms with van der Waals surface area (Å²) in [6, 6.07) is 5.12. The first kappa shape index (κ1) is 13.3. The fourth-order valence-corrected chi connectivity index (χ4v) is 3.02. The summed E-state index contributed by atoms with van der Waals surface area (Å²) in [4.78, 5) is 2.11. The number of hydrogen-bond donors (Lipinski definition) is 0. The van der Waals surface area contributed by atoms with Crippen LogP contribution in [-0.2, 0) is 9.84 Å². The molecule has 0 aliphatic heterocycles. The van der Waals surface area contributed by atoms with Crippen LogP contribution in [0.1, 0.15) is 0 Å². The monoisotopic (exact) mass is 303 g/mol. The van der Waals surface area contributed by atoms with E-state index in [2.05, 4.69) is 22.5 Å². The minimum Gasteiger partial charge on any atom is -0.377 e. The van der Waals surface area contributed by atoms with Gasteiger partial charge in [-0.3, -0.25) is 0 Å². The zero-order chi connectivity index (χ0) is 12.3. The third kappa shape index (κ3) is 2.86. The molecule has 0 amide bonds. The number of hydrogen-bond acceptors (Lipinski definition) is 3. The van der Waals surface area contributed by atoms with Crippen molar-refractivity contribution < 1.29 is 8.42 Å². The molecular formula is C11H14BrNO2S. The minimum absolute atomic E-state index is 0.0462. The van der Waals surface area contributed by atoms with Gasteiger partial charge in [0.2, 0.25) is 0 Å². The van der Waals surface area contributed by atoms with Crippen LogP contribution in [0.3, 0.4) is 0 Å². The van der Waals surface area contributed by atoms with Gasteiger partial charge in [0.1, 0.15) is 0 Å². The van der Waals surface area contributed by atoms with E-state index in [0.29, 0.717) is 10.6 Å². The van der Waals surface area contributed by atoms with E-state index in [1.165, 1.54) is 6.08 Å². The Hall–Kier alpha value is -0.810. The summed E-state index contributed by atoms with van der Waals surface area (Å²) in [6.07, 6.45) is 1.40. The number of halogens is 1. The van der Waals surface area contributed by atoms with Crippen LogP contribution in [-0.4, -0.2) is 28.3 Å². The molecule has 0 fully saturated rings. The lowest BCUT2D eigenvalue weighted by atomic mass is 10.3. The second-order valence-corrected chi connectivity index (χ2v) is 6.49. The largest absolute Gasteiger partial charge is 0.377 e. The molecule has 0 bridgehead atoms. The molecule has 0 heterocycles. The van der Waals surface area contributed by atoms with Gasteiger partial charge in [0.05, 0.1) is 16.3 Å². The van der Waals surface area contributed by atoms with Crippen molar-refractivity contribution in [2.24, 2.45) is 0 Å². The number of benzene rings is 1. The number of sulfone groups is 1. The van der Waals surface area contributed by atoms with Gasteiger partial charge in [0, 0.05) is 18.6 Å². The van der Waals surface area contributed by atoms with Crippen LogP contribution in [0.25, 0.3) is 0 Å². The van der Waals surface area contributed by atoms with Crippen LogP contribution in [0.5, 0.6) is 0 Å². The minimum atomic E-state index is -3.28. The molecular weight excluding hydrogens is 290 g/mol. The van der Waals surface area contributed by atoms with Gasteiger partial charge in [-0.25, -0.2) is 8.42 Å². The molecule has 0 saturated carbocycles. The van der Waals surface area contributed by atoms with Crippen LogP contribution in [0.15, 0.2) is 40.2 Å². The molecule has 0 N–H and O–H groups in total. The third-order valence-corrected chi connectivity index (χ3v) is 4.26. The van der Waals surface area contributed by atoms with E-state index < -0.39 is 9.84 Å². The molecule has 0 aliphatic carbocycles. The van der Waals surface area contributed by atoms with Gasteiger partial charge in [0.15, 0.2) is 9.84 Å². The van der Waals surface area contributed by atoms with Gasteiger partial charge in [-0.2, -0.15) is 0 Å². The van der Waals surface area contributed by atoms with E-state index in [-0.39, 0.29) is 5.75 Å². The number of anilines is 1. The second-order valence-electron chi connectivity index (χ2n) is 3.58. The summed E-state index contributed by atoms with van der Waals surface area (Å²) >= 11 is 3.33. The summed E-state index contributed by atoms with van der Waals surface area (Å²) in [6.45, 7) is 3.46. The molecule has 1 rings (SSSR count). The first-order valence-electron chi connectivity index (χ1n) is 4.69. The highest BCUT2D eigenvalue weighted by atomic mass is 79.9. The summed E-state index contributed by atoms with van der Waals surface area (Å²) in [5.74, 6) is -0.0462. The highest BCUT2D eigenvalue weighted by Gasteiger charge is 2.18. The molecule has 0 unspecified atom stereocenters. The smallest absolute Gasteiger partial charge is 0.183 e. The fraction of sp³-hybridized carbons (Fsp3) is 0.273. The maximum Gasteiger partial charge on any atom is 0.183 e. The molecule has 3 nitrogen and oxygen atoms in total. The highest BCUT2D eigenvalue weighted by Crippen LogP contribution is 2.28. The van der Waals surface area contributed by atoms with E-state index in [1.807, 2.05) is 14.1 Å². The summed E-state index contributed by atoms with van der Waals surface area (Å²) in [5, 5.41) is 0. The zero-order valence-corrected chi connectivity index (χ0v) is 11.7. The van der Waals surface area contributed by atoms with Crippen LogP contribution in [0.4, 0.5) is 5.69 Å². The number of nitrogens with zero attached hydrogens (tertiary/aromatic N) is 1. The third-order valence-electron chi connectivity index (χ3n) is 2.08. The predicted molar refractivity (Wildman–Crippen MR) is 70.7 cm³/mol. The van der Waals surface area contributed by atoms with E-state index in [4.69, 9.17) is 0 Å². The molecule has 88 valence electrons. The van der Waals surface area contributed by atoms with Gasteiger partial charge in [-0.15, -0.1) is 6.58 Å². The molecule has 1 aromatic rings.